The van der Waals surface area contributed by atoms with Gasteiger partial charge in [-0.2, -0.15) is 0 Å². The summed E-state index contributed by atoms with van der Waals surface area (Å²) in [5.74, 6) is 1.83. The number of rotatable bonds is 9. The monoisotopic (exact) mass is 343 g/mol. The molecule has 0 aliphatic heterocycles. The topological polar surface area (TPSA) is 64.7 Å². The van der Waals surface area contributed by atoms with E-state index in [1.165, 1.54) is 0 Å². The van der Waals surface area contributed by atoms with Crippen LogP contribution in [0.25, 0.3) is 0 Å². The molecule has 3 N–H and O–H groups in total. The third-order valence-corrected chi connectivity index (χ3v) is 4.26. The van der Waals surface area contributed by atoms with E-state index in [1.807, 2.05) is 48.5 Å². The highest BCUT2D eigenvalue weighted by Gasteiger charge is 2.19. The van der Waals surface area contributed by atoms with Crippen LogP contribution in [0.3, 0.4) is 0 Å². The Morgan fingerprint density at radius 2 is 1.72 bits per heavy atom. The Kier molecular flexibility index (Phi) is 7.29. The summed E-state index contributed by atoms with van der Waals surface area (Å²) in [7, 11) is 1.61. The van der Waals surface area contributed by atoms with Gasteiger partial charge in [0.25, 0.3) is 0 Å². The summed E-state index contributed by atoms with van der Waals surface area (Å²) in [6, 6.07) is 15.1. The smallest absolute Gasteiger partial charge is 0.161 e. The number of hydrogen-bond acceptors (Lipinski definition) is 4. The molecule has 0 heterocycles. The lowest BCUT2D eigenvalue weighted by Gasteiger charge is -2.21. The molecule has 0 amide bonds. The highest BCUT2D eigenvalue weighted by atomic mass is 16.5. The van der Waals surface area contributed by atoms with Crippen LogP contribution >= 0.6 is 0 Å². The molecule has 2 atom stereocenters. The average molecular weight is 343 g/mol. The molecule has 0 unspecified atom stereocenters. The van der Waals surface area contributed by atoms with Crippen molar-refractivity contribution < 1.29 is 14.6 Å². The quantitative estimate of drug-likeness (QED) is 0.720. The van der Waals surface area contributed by atoms with E-state index in [-0.39, 0.29) is 0 Å². The Morgan fingerprint density at radius 3 is 2.36 bits per heavy atom. The normalized spacial score (nSPS) is 13.5. The SMILES string of the molecule is COc1ccc([C@@H](N)[C@@H](O)CCC(C)C)cc1OCc1ccccc1. The number of ether oxygens (including phenoxy) is 2. The van der Waals surface area contributed by atoms with Crippen LogP contribution in [0, 0.1) is 5.92 Å². The van der Waals surface area contributed by atoms with Gasteiger partial charge in [0, 0.05) is 0 Å². The molecular formula is C21H29NO3. The van der Waals surface area contributed by atoms with E-state index >= 15 is 0 Å². The first-order valence-corrected chi connectivity index (χ1v) is 8.79. The van der Waals surface area contributed by atoms with Crippen molar-refractivity contribution >= 4 is 0 Å². The van der Waals surface area contributed by atoms with Crippen molar-refractivity contribution in [2.45, 2.75) is 45.4 Å². The van der Waals surface area contributed by atoms with Crippen molar-refractivity contribution in [2.24, 2.45) is 11.7 Å². The molecular weight excluding hydrogens is 314 g/mol. The van der Waals surface area contributed by atoms with Crippen LogP contribution in [0.4, 0.5) is 0 Å². The zero-order valence-corrected chi connectivity index (χ0v) is 15.3. The van der Waals surface area contributed by atoms with Gasteiger partial charge in [-0.25, -0.2) is 0 Å². The standard InChI is InChI=1S/C21H29NO3/c1-15(2)9-11-18(23)21(22)17-10-12-19(24-3)20(13-17)25-14-16-7-5-4-6-8-16/h4-8,10,12-13,15,18,21,23H,9,11,14,22H2,1-3H3/t18-,21+/m0/s1. The molecule has 0 saturated carbocycles. The Bertz CT molecular complexity index is 643. The van der Waals surface area contributed by atoms with E-state index < -0.39 is 12.1 Å². The lowest BCUT2D eigenvalue weighted by molar-refractivity contribution is 0.128. The fourth-order valence-electron chi connectivity index (χ4n) is 2.65. The van der Waals surface area contributed by atoms with E-state index in [9.17, 15) is 5.11 Å². The summed E-state index contributed by atoms with van der Waals surface area (Å²) in [5, 5.41) is 10.3. The second-order valence-electron chi connectivity index (χ2n) is 6.75. The first-order chi connectivity index (χ1) is 12.0. The number of hydrogen-bond donors (Lipinski definition) is 2. The third-order valence-electron chi connectivity index (χ3n) is 4.26. The number of methoxy groups -OCH3 is 1. The second kappa shape index (κ2) is 9.44. The molecule has 4 heteroatoms. The molecule has 2 rings (SSSR count). The van der Waals surface area contributed by atoms with Crippen molar-refractivity contribution in [3.05, 3.63) is 59.7 Å². The molecule has 0 bridgehead atoms. The molecule has 0 spiro atoms. The predicted octanol–water partition coefficient (Wildman–Crippen LogP) is 4.07. The molecule has 2 aromatic rings. The van der Waals surface area contributed by atoms with Crippen LogP contribution in [0.5, 0.6) is 11.5 Å². The Balaban J connectivity index is 2.09. The largest absolute Gasteiger partial charge is 0.493 e. The Labute approximate surface area is 150 Å². The van der Waals surface area contributed by atoms with Crippen LogP contribution < -0.4 is 15.2 Å². The van der Waals surface area contributed by atoms with Gasteiger partial charge < -0.3 is 20.3 Å². The first-order valence-electron chi connectivity index (χ1n) is 8.79. The molecule has 0 aliphatic rings. The van der Waals surface area contributed by atoms with Crippen LogP contribution in [0.15, 0.2) is 48.5 Å². The zero-order valence-electron chi connectivity index (χ0n) is 15.3. The summed E-state index contributed by atoms with van der Waals surface area (Å²) < 4.78 is 11.3. The summed E-state index contributed by atoms with van der Waals surface area (Å²) in [4.78, 5) is 0. The molecule has 25 heavy (non-hydrogen) atoms. The minimum Gasteiger partial charge on any atom is -0.493 e. The minimum absolute atomic E-state index is 0.441. The highest BCUT2D eigenvalue weighted by Crippen LogP contribution is 2.32. The summed E-state index contributed by atoms with van der Waals surface area (Å²) in [6.07, 6.45) is 1.06. The van der Waals surface area contributed by atoms with Crippen LogP contribution in [0.2, 0.25) is 0 Å². The number of aliphatic hydroxyl groups excluding tert-OH is 1. The summed E-state index contributed by atoms with van der Waals surface area (Å²) in [5.41, 5.74) is 8.17. The van der Waals surface area contributed by atoms with E-state index in [0.717, 1.165) is 17.5 Å². The van der Waals surface area contributed by atoms with E-state index in [0.29, 0.717) is 30.4 Å². The maximum atomic E-state index is 10.3. The summed E-state index contributed by atoms with van der Waals surface area (Å²) in [6.45, 7) is 4.73. The Morgan fingerprint density at radius 1 is 1.00 bits per heavy atom. The van der Waals surface area contributed by atoms with E-state index in [1.54, 1.807) is 7.11 Å². The molecule has 0 aromatic heterocycles. The van der Waals surface area contributed by atoms with E-state index in [4.69, 9.17) is 15.2 Å². The molecule has 0 aliphatic carbocycles. The van der Waals surface area contributed by atoms with Crippen molar-refractivity contribution in [3.63, 3.8) is 0 Å². The van der Waals surface area contributed by atoms with Crippen LogP contribution in [-0.2, 0) is 6.61 Å². The lowest BCUT2D eigenvalue weighted by atomic mass is 9.96. The Hall–Kier alpha value is -2.04. The van der Waals surface area contributed by atoms with Crippen molar-refractivity contribution in [3.8, 4) is 11.5 Å². The average Bonchev–Trinajstić information content (AvgIpc) is 2.64. The van der Waals surface area contributed by atoms with Crippen molar-refractivity contribution in [1.29, 1.82) is 0 Å². The van der Waals surface area contributed by atoms with Crippen LogP contribution in [-0.4, -0.2) is 18.3 Å². The highest BCUT2D eigenvalue weighted by molar-refractivity contribution is 5.44. The van der Waals surface area contributed by atoms with Crippen molar-refractivity contribution in [1.82, 2.24) is 0 Å². The molecule has 0 fully saturated rings. The maximum Gasteiger partial charge on any atom is 0.161 e. The molecule has 0 radical (unpaired) electrons. The molecule has 136 valence electrons. The van der Waals surface area contributed by atoms with Gasteiger partial charge in [-0.15, -0.1) is 0 Å². The van der Waals surface area contributed by atoms with Gasteiger partial charge in [0.15, 0.2) is 11.5 Å². The first kappa shape index (κ1) is 19.3. The summed E-state index contributed by atoms with van der Waals surface area (Å²) >= 11 is 0. The van der Waals surface area contributed by atoms with E-state index in [2.05, 4.69) is 13.8 Å². The van der Waals surface area contributed by atoms with Gasteiger partial charge >= 0.3 is 0 Å². The van der Waals surface area contributed by atoms with Gasteiger partial charge in [-0.1, -0.05) is 50.2 Å². The van der Waals surface area contributed by atoms with Crippen molar-refractivity contribution in [2.75, 3.05) is 7.11 Å². The fraction of sp³-hybridized carbons (Fsp3) is 0.429. The molecule has 2 aromatic carbocycles. The predicted molar refractivity (Wildman–Crippen MR) is 101 cm³/mol. The maximum absolute atomic E-state index is 10.3. The van der Waals surface area contributed by atoms with Gasteiger partial charge in [-0.05, 0) is 42.0 Å². The van der Waals surface area contributed by atoms with Gasteiger partial charge in [0.2, 0.25) is 0 Å². The number of nitrogens with two attached hydrogens (primary N) is 1. The minimum atomic E-state index is -0.572. The lowest BCUT2D eigenvalue weighted by Crippen LogP contribution is -2.26. The fourth-order valence-corrected chi connectivity index (χ4v) is 2.65. The second-order valence-corrected chi connectivity index (χ2v) is 6.75. The zero-order chi connectivity index (χ0) is 18.2. The third kappa shape index (κ3) is 5.76. The number of benzene rings is 2. The number of aliphatic hydroxyl groups is 1. The van der Waals surface area contributed by atoms with Crippen LogP contribution in [0.1, 0.15) is 43.9 Å². The molecule has 4 nitrogen and oxygen atoms in total. The molecule has 0 saturated heterocycles. The van der Waals surface area contributed by atoms with Gasteiger partial charge in [0.05, 0.1) is 19.3 Å². The van der Waals surface area contributed by atoms with Gasteiger partial charge in [0.1, 0.15) is 6.61 Å². The van der Waals surface area contributed by atoms with Gasteiger partial charge in [-0.3, -0.25) is 0 Å².